The number of amides is 1. The predicted octanol–water partition coefficient (Wildman–Crippen LogP) is 5.11. The molecule has 1 aromatic carbocycles. The Labute approximate surface area is 180 Å². The molecular weight excluding hydrogens is 441 g/mol. The van der Waals surface area contributed by atoms with Gasteiger partial charge in [0.15, 0.2) is 23.3 Å². The van der Waals surface area contributed by atoms with E-state index >= 15 is 0 Å². The molecule has 0 aliphatic heterocycles. The molecule has 178 valence electrons. The monoisotopic (exact) mass is 471 g/mol. The molecule has 11 heteroatoms. The topological polar surface area (TPSA) is 56.8 Å². The van der Waals surface area contributed by atoms with Crippen LogP contribution in [0.25, 0.3) is 0 Å². The van der Waals surface area contributed by atoms with Crippen LogP contribution in [0, 0.1) is 29.1 Å². The summed E-state index contributed by atoms with van der Waals surface area (Å²) in [6.45, 7) is 11.1. The number of rotatable bonds is 12. The van der Waals surface area contributed by atoms with Crippen LogP contribution in [-0.2, 0) is 13.3 Å². The minimum absolute atomic E-state index is 0.0478. The van der Waals surface area contributed by atoms with Crippen LogP contribution in [0.3, 0.4) is 0 Å². The first-order valence-corrected chi connectivity index (χ1v) is 12.1. The van der Waals surface area contributed by atoms with E-state index in [1.54, 1.807) is 0 Å². The standard InChI is InChI=1S/C20H30F5NO4Si/c1-11(2)28-31(29-12(3)4,30-13(5)6)10-8-7-9-26-20(27)14-15(21)17(23)19(25)18(24)16(14)22/h11-13H,7-10H2,1-6H3,(H,26,27). The van der Waals surface area contributed by atoms with Gasteiger partial charge in [-0.25, -0.2) is 22.0 Å². The van der Waals surface area contributed by atoms with Crippen molar-refractivity contribution in [2.75, 3.05) is 6.54 Å². The maximum atomic E-state index is 13.7. The SMILES string of the molecule is CC(C)O[Si](CCCCNC(=O)c1c(F)c(F)c(F)c(F)c1F)(OC(C)C)OC(C)C. The Balaban J connectivity index is 2.77. The number of carbonyl (C=O) groups excluding carboxylic acids is 1. The lowest BCUT2D eigenvalue weighted by atomic mass is 10.1. The van der Waals surface area contributed by atoms with Gasteiger partial charge >= 0.3 is 8.80 Å². The van der Waals surface area contributed by atoms with Crippen molar-refractivity contribution in [3.8, 4) is 0 Å². The van der Waals surface area contributed by atoms with Crippen LogP contribution >= 0.6 is 0 Å². The van der Waals surface area contributed by atoms with Crippen molar-refractivity contribution in [2.45, 2.75) is 78.7 Å². The summed E-state index contributed by atoms with van der Waals surface area (Å²) in [6.07, 6.45) is 0.407. The zero-order chi connectivity index (χ0) is 23.9. The van der Waals surface area contributed by atoms with Gasteiger partial charge in [0, 0.05) is 30.9 Å². The summed E-state index contributed by atoms with van der Waals surface area (Å²) in [5.41, 5.74) is -1.51. The number of hydrogen-bond acceptors (Lipinski definition) is 4. The quantitative estimate of drug-likeness (QED) is 0.151. The molecule has 0 bridgehead atoms. The normalized spacial score (nSPS) is 12.3. The van der Waals surface area contributed by atoms with Crippen LogP contribution in [-0.4, -0.2) is 39.6 Å². The van der Waals surface area contributed by atoms with Gasteiger partial charge in [-0.2, -0.15) is 0 Å². The Morgan fingerprint density at radius 3 is 1.52 bits per heavy atom. The van der Waals surface area contributed by atoms with Crippen molar-refractivity contribution >= 4 is 14.7 Å². The predicted molar refractivity (Wildman–Crippen MR) is 107 cm³/mol. The number of halogens is 5. The Hall–Kier alpha value is -1.56. The summed E-state index contributed by atoms with van der Waals surface area (Å²) in [5.74, 6) is -12.4. The fourth-order valence-corrected chi connectivity index (χ4v) is 6.26. The molecule has 0 aliphatic carbocycles. The van der Waals surface area contributed by atoms with Crippen LogP contribution in [0.2, 0.25) is 6.04 Å². The largest absolute Gasteiger partial charge is 0.501 e. The van der Waals surface area contributed by atoms with E-state index in [1.165, 1.54) is 0 Å². The molecule has 5 nitrogen and oxygen atoms in total. The maximum absolute atomic E-state index is 13.7. The van der Waals surface area contributed by atoms with Gasteiger partial charge in [-0.3, -0.25) is 4.79 Å². The number of benzene rings is 1. The highest BCUT2D eigenvalue weighted by molar-refractivity contribution is 6.60. The maximum Gasteiger partial charge on any atom is 0.501 e. The molecule has 1 aromatic rings. The van der Waals surface area contributed by atoms with Gasteiger partial charge < -0.3 is 18.6 Å². The first-order chi connectivity index (χ1) is 14.3. The fraction of sp³-hybridized carbons (Fsp3) is 0.650. The van der Waals surface area contributed by atoms with Gasteiger partial charge in [0.1, 0.15) is 5.56 Å². The number of nitrogens with one attached hydrogen (secondary N) is 1. The minimum Gasteiger partial charge on any atom is -0.371 e. The number of hydrogen-bond donors (Lipinski definition) is 1. The Morgan fingerprint density at radius 1 is 0.742 bits per heavy atom. The molecule has 0 aliphatic rings. The average molecular weight is 472 g/mol. The molecule has 0 heterocycles. The second kappa shape index (κ2) is 11.9. The smallest absolute Gasteiger partial charge is 0.371 e. The highest BCUT2D eigenvalue weighted by atomic mass is 28.4. The van der Waals surface area contributed by atoms with E-state index in [0.29, 0.717) is 18.9 Å². The van der Waals surface area contributed by atoms with Crippen LogP contribution in [0.1, 0.15) is 64.7 Å². The second-order valence-electron chi connectivity index (χ2n) is 7.84. The average Bonchev–Trinajstić information content (AvgIpc) is 2.62. The van der Waals surface area contributed by atoms with Crippen molar-refractivity contribution < 1.29 is 40.0 Å². The van der Waals surface area contributed by atoms with Gasteiger partial charge in [-0.15, -0.1) is 0 Å². The van der Waals surface area contributed by atoms with E-state index in [-0.39, 0.29) is 24.9 Å². The summed E-state index contributed by atoms with van der Waals surface area (Å²) in [5, 5.41) is 2.18. The molecule has 1 rings (SSSR count). The van der Waals surface area contributed by atoms with Gasteiger partial charge in [0.25, 0.3) is 5.91 Å². The van der Waals surface area contributed by atoms with Crippen molar-refractivity contribution in [1.29, 1.82) is 0 Å². The lowest BCUT2D eigenvalue weighted by molar-refractivity contribution is 0.00283. The lowest BCUT2D eigenvalue weighted by Crippen LogP contribution is -2.50. The first kappa shape index (κ1) is 27.5. The van der Waals surface area contributed by atoms with Crippen molar-refractivity contribution in [3.63, 3.8) is 0 Å². The molecule has 0 fully saturated rings. The Morgan fingerprint density at radius 2 is 1.13 bits per heavy atom. The third-order valence-electron chi connectivity index (χ3n) is 3.88. The molecule has 1 N–H and O–H groups in total. The first-order valence-electron chi connectivity index (χ1n) is 10.1. The van der Waals surface area contributed by atoms with E-state index in [4.69, 9.17) is 13.3 Å². The summed E-state index contributed by atoms with van der Waals surface area (Å²) in [4.78, 5) is 12.0. The highest BCUT2D eigenvalue weighted by Crippen LogP contribution is 2.25. The summed E-state index contributed by atoms with van der Waals surface area (Å²) in [6, 6.07) is 0.430. The van der Waals surface area contributed by atoms with Gasteiger partial charge in [0.05, 0.1) is 0 Å². The van der Waals surface area contributed by atoms with Crippen molar-refractivity contribution in [2.24, 2.45) is 0 Å². The van der Waals surface area contributed by atoms with Crippen molar-refractivity contribution in [3.05, 3.63) is 34.6 Å². The van der Waals surface area contributed by atoms with Crippen LogP contribution in [0.4, 0.5) is 22.0 Å². The zero-order valence-corrected chi connectivity index (χ0v) is 19.6. The van der Waals surface area contributed by atoms with Gasteiger partial charge in [0.2, 0.25) is 5.82 Å². The molecule has 0 aromatic heterocycles. The highest BCUT2D eigenvalue weighted by Gasteiger charge is 2.43. The third kappa shape index (κ3) is 7.81. The molecule has 0 radical (unpaired) electrons. The second-order valence-corrected chi connectivity index (χ2v) is 10.4. The number of unbranched alkanes of at least 4 members (excludes halogenated alkanes) is 1. The van der Waals surface area contributed by atoms with Crippen LogP contribution in [0.5, 0.6) is 0 Å². The zero-order valence-electron chi connectivity index (χ0n) is 18.6. The molecule has 1 amide bonds. The molecular formula is C20H30F5NO4Si. The van der Waals surface area contributed by atoms with Crippen LogP contribution in [0.15, 0.2) is 0 Å². The number of carbonyl (C=O) groups is 1. The fourth-order valence-electron chi connectivity index (χ4n) is 2.90. The van der Waals surface area contributed by atoms with E-state index in [9.17, 15) is 26.7 Å². The molecule has 0 atom stereocenters. The lowest BCUT2D eigenvalue weighted by Gasteiger charge is -2.34. The van der Waals surface area contributed by atoms with E-state index in [0.717, 1.165) is 0 Å². The van der Waals surface area contributed by atoms with Crippen molar-refractivity contribution in [1.82, 2.24) is 5.32 Å². The summed E-state index contributed by atoms with van der Waals surface area (Å²) < 4.78 is 85.1. The van der Waals surface area contributed by atoms with E-state index in [2.05, 4.69) is 5.32 Å². The molecule has 0 saturated carbocycles. The molecule has 0 spiro atoms. The Kier molecular flexibility index (Phi) is 10.5. The van der Waals surface area contributed by atoms with Crippen LogP contribution < -0.4 is 5.32 Å². The molecule has 0 saturated heterocycles. The molecule has 31 heavy (non-hydrogen) atoms. The van der Waals surface area contributed by atoms with Gasteiger partial charge in [-0.05, 0) is 54.4 Å². The summed E-state index contributed by atoms with van der Waals surface area (Å²) in [7, 11) is -3.04. The van der Waals surface area contributed by atoms with E-state index in [1.807, 2.05) is 41.5 Å². The third-order valence-corrected chi connectivity index (χ3v) is 7.34. The molecule has 0 unspecified atom stereocenters. The summed E-state index contributed by atoms with van der Waals surface area (Å²) >= 11 is 0. The van der Waals surface area contributed by atoms with E-state index < -0.39 is 49.4 Å². The minimum atomic E-state index is -3.04. The Bertz CT molecular complexity index is 706. The van der Waals surface area contributed by atoms with Gasteiger partial charge in [-0.1, -0.05) is 0 Å².